The summed E-state index contributed by atoms with van der Waals surface area (Å²) in [6.45, 7) is 5.53. The van der Waals surface area contributed by atoms with E-state index in [1.54, 1.807) is 75.4 Å². The first-order chi connectivity index (χ1) is 17.2. The third-order valence-corrected chi connectivity index (χ3v) is 5.13. The van der Waals surface area contributed by atoms with E-state index in [0.29, 0.717) is 28.6 Å². The fourth-order valence-corrected chi connectivity index (χ4v) is 3.20. The van der Waals surface area contributed by atoms with Crippen molar-refractivity contribution in [3.8, 4) is 17.6 Å². The van der Waals surface area contributed by atoms with Crippen molar-refractivity contribution in [1.29, 1.82) is 5.26 Å². The Morgan fingerprint density at radius 1 is 1.06 bits per heavy atom. The molecular weight excluding hydrogens is 478 g/mol. The van der Waals surface area contributed by atoms with Gasteiger partial charge in [-0.05, 0) is 75.0 Å². The first kappa shape index (κ1) is 26.1. The Bertz CT molecular complexity index is 1300. The molecule has 3 N–H and O–H groups in total. The summed E-state index contributed by atoms with van der Waals surface area (Å²) < 4.78 is 10.6. The van der Waals surface area contributed by atoms with E-state index in [1.807, 2.05) is 6.07 Å². The summed E-state index contributed by atoms with van der Waals surface area (Å²) in [6, 6.07) is 19.5. The second-order valence-corrected chi connectivity index (χ2v) is 8.49. The van der Waals surface area contributed by atoms with Gasteiger partial charge in [-0.3, -0.25) is 10.1 Å². The molecule has 0 aliphatic rings. The summed E-state index contributed by atoms with van der Waals surface area (Å²) in [6.07, 6.45) is 0.837. The second-order valence-electron chi connectivity index (χ2n) is 8.08. The van der Waals surface area contributed by atoms with Gasteiger partial charge in [0.1, 0.15) is 17.3 Å². The van der Waals surface area contributed by atoms with Gasteiger partial charge in [-0.15, -0.1) is 0 Å². The fraction of sp³-hybridized carbons (Fsp3) is 0.192. The van der Waals surface area contributed by atoms with Crippen molar-refractivity contribution in [3.63, 3.8) is 0 Å². The molecule has 1 heterocycles. The zero-order valence-electron chi connectivity index (χ0n) is 20.0. The molecule has 0 unspecified atom stereocenters. The number of thiocarbonyl (C=S) groups is 1. The third-order valence-electron chi connectivity index (χ3n) is 4.92. The Morgan fingerprint density at radius 2 is 1.83 bits per heavy atom. The van der Waals surface area contributed by atoms with Gasteiger partial charge in [0.2, 0.25) is 0 Å². The highest BCUT2D eigenvalue weighted by atomic mass is 32.1. The second kappa shape index (κ2) is 11.8. The standard InChI is InChI=1S/C26H25N5O4S/c1-4-34-25(33)31-24(36)30-22-12-11-21(15-28-22)35-20-10-6-9-19(14-20)29-23(32)17-7-5-8-18(13-17)26(2,3)16-27/h5-15H,4H2,1-3H3,(H,29,32)(H2,28,30,31,33,36). The molecule has 0 fully saturated rings. The lowest BCUT2D eigenvalue weighted by Crippen LogP contribution is -2.34. The maximum Gasteiger partial charge on any atom is 0.413 e. The number of carbonyl (C=O) groups excluding carboxylic acids is 2. The summed E-state index contributed by atoms with van der Waals surface area (Å²) >= 11 is 5.04. The molecule has 0 atom stereocenters. The average molecular weight is 504 g/mol. The van der Waals surface area contributed by atoms with Crippen LogP contribution in [0.4, 0.5) is 16.3 Å². The molecule has 0 radical (unpaired) electrons. The average Bonchev–Trinajstić information content (AvgIpc) is 2.85. The SMILES string of the molecule is CCOC(=O)NC(=S)Nc1ccc(Oc2cccc(NC(=O)c3cccc(C(C)(C)C#N)c3)c2)cn1. The van der Waals surface area contributed by atoms with Gasteiger partial charge in [0.15, 0.2) is 5.11 Å². The quantitative estimate of drug-likeness (QED) is 0.368. The van der Waals surface area contributed by atoms with Crippen LogP contribution in [0.2, 0.25) is 0 Å². The van der Waals surface area contributed by atoms with Gasteiger partial charge in [0, 0.05) is 17.3 Å². The predicted molar refractivity (Wildman–Crippen MR) is 140 cm³/mol. The van der Waals surface area contributed by atoms with E-state index < -0.39 is 11.5 Å². The summed E-state index contributed by atoms with van der Waals surface area (Å²) in [4.78, 5) is 28.4. The maximum atomic E-state index is 12.8. The lowest BCUT2D eigenvalue weighted by atomic mass is 9.85. The number of carbonyl (C=O) groups is 2. The highest BCUT2D eigenvalue weighted by Crippen LogP contribution is 2.26. The van der Waals surface area contributed by atoms with Gasteiger partial charge in [-0.1, -0.05) is 18.2 Å². The lowest BCUT2D eigenvalue weighted by Gasteiger charge is -2.16. The molecular formula is C26H25N5O4S. The number of nitrogens with zero attached hydrogens (tertiary/aromatic N) is 2. The maximum absolute atomic E-state index is 12.8. The molecule has 36 heavy (non-hydrogen) atoms. The largest absolute Gasteiger partial charge is 0.456 e. The first-order valence-corrected chi connectivity index (χ1v) is 11.4. The van der Waals surface area contributed by atoms with E-state index >= 15 is 0 Å². The van der Waals surface area contributed by atoms with Crippen LogP contribution < -0.4 is 20.7 Å². The Kier molecular flexibility index (Phi) is 8.54. The number of nitrogens with one attached hydrogen (secondary N) is 3. The lowest BCUT2D eigenvalue weighted by molar-refractivity contribution is 0.102. The number of rotatable bonds is 7. The molecule has 0 aliphatic heterocycles. The Balaban J connectivity index is 1.62. The summed E-state index contributed by atoms with van der Waals surface area (Å²) in [5.41, 5.74) is 1.05. The molecule has 2 amide bonds. The van der Waals surface area contributed by atoms with Crippen LogP contribution in [-0.4, -0.2) is 28.7 Å². The molecule has 3 aromatic rings. The minimum Gasteiger partial charge on any atom is -0.456 e. The van der Waals surface area contributed by atoms with Gasteiger partial charge in [0.25, 0.3) is 5.91 Å². The van der Waals surface area contributed by atoms with E-state index in [2.05, 4.69) is 27.0 Å². The molecule has 9 nitrogen and oxygen atoms in total. The fourth-order valence-electron chi connectivity index (χ4n) is 3.01. The third kappa shape index (κ3) is 7.25. The minimum absolute atomic E-state index is 0.0554. The van der Waals surface area contributed by atoms with Crippen LogP contribution in [0.15, 0.2) is 66.9 Å². The number of amides is 2. The van der Waals surface area contributed by atoms with Crippen molar-refractivity contribution in [2.75, 3.05) is 17.2 Å². The zero-order chi connectivity index (χ0) is 26.1. The number of aromatic nitrogens is 1. The predicted octanol–water partition coefficient (Wildman–Crippen LogP) is 5.37. The number of alkyl carbamates (subject to hydrolysis) is 1. The number of benzene rings is 2. The van der Waals surface area contributed by atoms with Crippen LogP contribution in [-0.2, 0) is 10.2 Å². The molecule has 0 saturated carbocycles. The Hall–Kier alpha value is -4.49. The highest BCUT2D eigenvalue weighted by Gasteiger charge is 2.21. The van der Waals surface area contributed by atoms with Crippen molar-refractivity contribution >= 4 is 40.8 Å². The molecule has 0 saturated heterocycles. The first-order valence-electron chi connectivity index (χ1n) is 11.0. The van der Waals surface area contributed by atoms with E-state index in [9.17, 15) is 14.9 Å². The normalized spacial score (nSPS) is 10.5. The summed E-state index contributed by atoms with van der Waals surface area (Å²) in [5, 5.41) is 17.4. The molecule has 0 bridgehead atoms. The van der Waals surface area contributed by atoms with Crippen LogP contribution in [0.3, 0.4) is 0 Å². The van der Waals surface area contributed by atoms with Gasteiger partial charge in [-0.2, -0.15) is 5.26 Å². The molecule has 184 valence electrons. The number of anilines is 2. The number of hydrogen-bond acceptors (Lipinski definition) is 7. The topological polar surface area (TPSA) is 125 Å². The number of hydrogen-bond donors (Lipinski definition) is 3. The van der Waals surface area contributed by atoms with Crippen molar-refractivity contribution < 1.29 is 19.1 Å². The minimum atomic E-state index is -0.703. The highest BCUT2D eigenvalue weighted by molar-refractivity contribution is 7.80. The smallest absolute Gasteiger partial charge is 0.413 e. The molecule has 3 rings (SSSR count). The van der Waals surface area contributed by atoms with E-state index in [-0.39, 0.29) is 17.6 Å². The Labute approximate surface area is 214 Å². The van der Waals surface area contributed by atoms with Crippen molar-refractivity contribution in [2.24, 2.45) is 0 Å². The monoisotopic (exact) mass is 503 g/mol. The van der Waals surface area contributed by atoms with Gasteiger partial charge >= 0.3 is 6.09 Å². The molecule has 10 heteroatoms. The van der Waals surface area contributed by atoms with Gasteiger partial charge in [0.05, 0.1) is 24.3 Å². The number of pyridine rings is 1. The van der Waals surface area contributed by atoms with Crippen LogP contribution in [0, 0.1) is 11.3 Å². The van der Waals surface area contributed by atoms with Crippen molar-refractivity contribution in [3.05, 3.63) is 78.0 Å². The zero-order valence-corrected chi connectivity index (χ0v) is 20.8. The molecule has 0 aliphatic carbocycles. The Morgan fingerprint density at radius 3 is 2.53 bits per heavy atom. The van der Waals surface area contributed by atoms with Crippen LogP contribution >= 0.6 is 12.2 Å². The van der Waals surface area contributed by atoms with E-state index in [4.69, 9.17) is 21.7 Å². The summed E-state index contributed by atoms with van der Waals surface area (Å²) in [7, 11) is 0. The van der Waals surface area contributed by atoms with Crippen LogP contribution in [0.25, 0.3) is 0 Å². The number of nitriles is 1. The van der Waals surface area contributed by atoms with Gasteiger partial charge < -0.3 is 20.1 Å². The van der Waals surface area contributed by atoms with Crippen LogP contribution in [0.1, 0.15) is 36.7 Å². The van der Waals surface area contributed by atoms with Gasteiger partial charge in [-0.25, -0.2) is 9.78 Å². The van der Waals surface area contributed by atoms with Crippen molar-refractivity contribution in [1.82, 2.24) is 10.3 Å². The number of ether oxygens (including phenoxy) is 2. The molecule has 1 aromatic heterocycles. The van der Waals surface area contributed by atoms with E-state index in [1.165, 1.54) is 6.20 Å². The van der Waals surface area contributed by atoms with Crippen LogP contribution in [0.5, 0.6) is 11.5 Å². The summed E-state index contributed by atoms with van der Waals surface area (Å²) in [5.74, 6) is 1.06. The van der Waals surface area contributed by atoms with Crippen molar-refractivity contribution in [2.45, 2.75) is 26.2 Å². The van der Waals surface area contributed by atoms with E-state index in [0.717, 1.165) is 5.56 Å². The molecule has 2 aromatic carbocycles. The molecule has 0 spiro atoms.